The molecule has 1 N–H and O–H groups in total. The van der Waals surface area contributed by atoms with Crippen LogP contribution in [0, 0.1) is 0 Å². The third-order valence-electron chi connectivity index (χ3n) is 3.43. The van der Waals surface area contributed by atoms with Gasteiger partial charge < -0.3 is 10.0 Å². The SMILES string of the molecule is C[C@@H](O)c1ccc(N2CCCC2(C)C)nc1. The lowest BCUT2D eigenvalue weighted by Gasteiger charge is -2.32. The number of hydrogen-bond acceptors (Lipinski definition) is 3. The third-order valence-corrected chi connectivity index (χ3v) is 3.43. The van der Waals surface area contributed by atoms with E-state index in [0.29, 0.717) is 0 Å². The summed E-state index contributed by atoms with van der Waals surface area (Å²) in [5.74, 6) is 1.02. The Hall–Kier alpha value is -1.09. The Morgan fingerprint density at radius 3 is 2.62 bits per heavy atom. The van der Waals surface area contributed by atoms with Crippen molar-refractivity contribution in [1.82, 2.24) is 4.98 Å². The number of aliphatic hydroxyl groups is 1. The fourth-order valence-corrected chi connectivity index (χ4v) is 2.34. The molecule has 0 aliphatic carbocycles. The summed E-state index contributed by atoms with van der Waals surface area (Å²) in [6.45, 7) is 7.35. The minimum Gasteiger partial charge on any atom is -0.389 e. The number of rotatable bonds is 2. The molecule has 2 rings (SSSR count). The predicted molar refractivity (Wildman–Crippen MR) is 65.5 cm³/mol. The fraction of sp³-hybridized carbons (Fsp3) is 0.615. The first kappa shape index (κ1) is 11.4. The van der Waals surface area contributed by atoms with Crippen LogP contribution in [0.15, 0.2) is 18.3 Å². The van der Waals surface area contributed by atoms with E-state index in [0.717, 1.165) is 17.9 Å². The molecule has 0 aromatic carbocycles. The van der Waals surface area contributed by atoms with Crippen LogP contribution in [0.4, 0.5) is 5.82 Å². The van der Waals surface area contributed by atoms with E-state index in [4.69, 9.17) is 0 Å². The van der Waals surface area contributed by atoms with E-state index in [-0.39, 0.29) is 5.54 Å². The maximum Gasteiger partial charge on any atom is 0.128 e. The number of pyridine rings is 1. The Labute approximate surface area is 97.1 Å². The summed E-state index contributed by atoms with van der Waals surface area (Å²) < 4.78 is 0. The van der Waals surface area contributed by atoms with E-state index >= 15 is 0 Å². The Bertz CT molecular complexity index is 357. The molecule has 0 spiro atoms. The Morgan fingerprint density at radius 1 is 1.44 bits per heavy atom. The minimum absolute atomic E-state index is 0.208. The van der Waals surface area contributed by atoms with Gasteiger partial charge in [0.25, 0.3) is 0 Å². The molecular weight excluding hydrogens is 200 g/mol. The molecule has 1 aromatic rings. The molecular formula is C13H20N2O. The highest BCUT2D eigenvalue weighted by Gasteiger charge is 2.32. The van der Waals surface area contributed by atoms with Crippen molar-refractivity contribution in [2.45, 2.75) is 45.3 Å². The molecule has 1 atom stereocenters. The Kier molecular flexibility index (Phi) is 2.89. The number of aliphatic hydroxyl groups excluding tert-OH is 1. The smallest absolute Gasteiger partial charge is 0.128 e. The lowest BCUT2D eigenvalue weighted by Crippen LogP contribution is -2.38. The van der Waals surface area contributed by atoms with Crippen molar-refractivity contribution < 1.29 is 5.11 Å². The zero-order valence-corrected chi connectivity index (χ0v) is 10.3. The molecule has 16 heavy (non-hydrogen) atoms. The van der Waals surface area contributed by atoms with Crippen molar-refractivity contribution in [1.29, 1.82) is 0 Å². The van der Waals surface area contributed by atoms with Gasteiger partial charge >= 0.3 is 0 Å². The molecule has 2 heterocycles. The topological polar surface area (TPSA) is 36.4 Å². The van der Waals surface area contributed by atoms with Crippen molar-refractivity contribution in [2.75, 3.05) is 11.4 Å². The first-order chi connectivity index (χ1) is 7.50. The van der Waals surface area contributed by atoms with E-state index < -0.39 is 6.10 Å². The van der Waals surface area contributed by atoms with Gasteiger partial charge in [-0.25, -0.2) is 4.98 Å². The normalized spacial score (nSPS) is 21.1. The molecule has 0 unspecified atom stereocenters. The van der Waals surface area contributed by atoms with E-state index in [9.17, 15) is 5.11 Å². The van der Waals surface area contributed by atoms with Gasteiger partial charge in [0.2, 0.25) is 0 Å². The molecule has 88 valence electrons. The first-order valence-electron chi connectivity index (χ1n) is 5.92. The van der Waals surface area contributed by atoms with Crippen molar-refractivity contribution in [3.8, 4) is 0 Å². The summed E-state index contributed by atoms with van der Waals surface area (Å²) in [6.07, 6.45) is 3.78. The summed E-state index contributed by atoms with van der Waals surface area (Å²) in [7, 11) is 0. The number of nitrogens with zero attached hydrogens (tertiary/aromatic N) is 2. The standard InChI is InChI=1S/C13H20N2O/c1-10(16)11-5-6-12(14-9-11)15-8-4-7-13(15,2)3/h5-6,9-10,16H,4,7-8H2,1-3H3/t10-/m1/s1. The van der Waals surface area contributed by atoms with Gasteiger partial charge in [0.1, 0.15) is 5.82 Å². The summed E-state index contributed by atoms with van der Waals surface area (Å²) in [4.78, 5) is 6.79. The second-order valence-electron chi connectivity index (χ2n) is 5.19. The zero-order valence-electron chi connectivity index (χ0n) is 10.3. The number of anilines is 1. The lowest BCUT2D eigenvalue weighted by atomic mass is 10.0. The molecule has 3 nitrogen and oxygen atoms in total. The largest absolute Gasteiger partial charge is 0.389 e. The van der Waals surface area contributed by atoms with E-state index in [1.54, 1.807) is 13.1 Å². The van der Waals surface area contributed by atoms with Gasteiger partial charge in [0.15, 0.2) is 0 Å². The molecule has 1 aromatic heterocycles. The fourth-order valence-electron chi connectivity index (χ4n) is 2.34. The molecule has 0 amide bonds. The molecule has 0 radical (unpaired) electrons. The third kappa shape index (κ3) is 2.05. The van der Waals surface area contributed by atoms with Crippen molar-refractivity contribution in [2.24, 2.45) is 0 Å². The highest BCUT2D eigenvalue weighted by atomic mass is 16.3. The second-order valence-corrected chi connectivity index (χ2v) is 5.19. The summed E-state index contributed by atoms with van der Waals surface area (Å²) >= 11 is 0. The van der Waals surface area contributed by atoms with Crippen LogP contribution in [0.2, 0.25) is 0 Å². The second kappa shape index (κ2) is 4.06. The minimum atomic E-state index is -0.437. The average molecular weight is 220 g/mol. The van der Waals surface area contributed by atoms with Crippen molar-refractivity contribution >= 4 is 5.82 Å². The monoisotopic (exact) mass is 220 g/mol. The van der Waals surface area contributed by atoms with Crippen LogP contribution in [0.3, 0.4) is 0 Å². The average Bonchev–Trinajstić information content (AvgIpc) is 2.58. The summed E-state index contributed by atoms with van der Waals surface area (Å²) in [6, 6.07) is 3.97. The molecule has 3 heteroatoms. The first-order valence-corrected chi connectivity index (χ1v) is 5.92. The van der Waals surface area contributed by atoms with Gasteiger partial charge in [-0.3, -0.25) is 0 Å². The zero-order chi connectivity index (χ0) is 11.8. The van der Waals surface area contributed by atoms with Crippen molar-refractivity contribution in [3.63, 3.8) is 0 Å². The van der Waals surface area contributed by atoms with E-state index in [1.807, 2.05) is 12.1 Å². The quantitative estimate of drug-likeness (QED) is 0.832. The van der Waals surface area contributed by atoms with Crippen LogP contribution in [0.5, 0.6) is 0 Å². The van der Waals surface area contributed by atoms with Gasteiger partial charge in [-0.2, -0.15) is 0 Å². The summed E-state index contributed by atoms with van der Waals surface area (Å²) in [5, 5.41) is 9.43. The highest BCUT2D eigenvalue weighted by molar-refractivity contribution is 5.44. The van der Waals surface area contributed by atoms with Crippen LogP contribution >= 0.6 is 0 Å². The molecule has 1 aliphatic heterocycles. The summed E-state index contributed by atoms with van der Waals surface area (Å²) in [5.41, 5.74) is 1.08. The van der Waals surface area contributed by atoms with Gasteiger partial charge in [0, 0.05) is 18.3 Å². The van der Waals surface area contributed by atoms with Crippen molar-refractivity contribution in [3.05, 3.63) is 23.9 Å². The highest BCUT2D eigenvalue weighted by Crippen LogP contribution is 2.32. The van der Waals surface area contributed by atoms with Crippen LogP contribution < -0.4 is 4.90 Å². The van der Waals surface area contributed by atoms with Gasteiger partial charge in [-0.05, 0) is 45.2 Å². The molecule has 1 aliphatic rings. The van der Waals surface area contributed by atoms with E-state index in [2.05, 4.69) is 23.7 Å². The van der Waals surface area contributed by atoms with Gasteiger partial charge in [-0.1, -0.05) is 6.07 Å². The Morgan fingerprint density at radius 2 is 2.19 bits per heavy atom. The molecule has 0 saturated carbocycles. The Balaban J connectivity index is 2.22. The van der Waals surface area contributed by atoms with Crippen LogP contribution in [0.25, 0.3) is 0 Å². The maximum absolute atomic E-state index is 9.43. The number of aromatic nitrogens is 1. The van der Waals surface area contributed by atoms with Gasteiger partial charge in [0.05, 0.1) is 6.10 Å². The molecule has 0 bridgehead atoms. The van der Waals surface area contributed by atoms with E-state index in [1.165, 1.54) is 12.8 Å². The maximum atomic E-state index is 9.43. The predicted octanol–water partition coefficient (Wildman–Crippen LogP) is 2.51. The lowest BCUT2D eigenvalue weighted by molar-refractivity contribution is 0.199. The number of hydrogen-bond donors (Lipinski definition) is 1. The molecule has 1 fully saturated rings. The van der Waals surface area contributed by atoms with Crippen LogP contribution in [0.1, 0.15) is 45.3 Å². The van der Waals surface area contributed by atoms with Crippen LogP contribution in [-0.2, 0) is 0 Å². The van der Waals surface area contributed by atoms with Crippen LogP contribution in [-0.4, -0.2) is 22.2 Å². The van der Waals surface area contributed by atoms with Gasteiger partial charge in [-0.15, -0.1) is 0 Å². The molecule has 1 saturated heterocycles.